The minimum absolute atomic E-state index is 0.133. The summed E-state index contributed by atoms with van der Waals surface area (Å²) in [6.45, 7) is 8.57. The van der Waals surface area contributed by atoms with E-state index in [9.17, 15) is 14.2 Å². The Morgan fingerprint density at radius 2 is 1.33 bits per heavy atom. The summed E-state index contributed by atoms with van der Waals surface area (Å²) in [6.07, 6.45) is 5.66. The molecule has 6 heteroatoms. The van der Waals surface area contributed by atoms with E-state index in [1.165, 1.54) is 0 Å². The number of ether oxygens (including phenoxy) is 2. The fraction of sp³-hybridized carbons (Fsp3) is 0.889. The van der Waals surface area contributed by atoms with Crippen LogP contribution in [0.2, 0.25) is 0 Å². The van der Waals surface area contributed by atoms with Crippen molar-refractivity contribution >= 4 is 19.1 Å². The highest BCUT2D eigenvalue weighted by Gasteiger charge is 2.40. The number of hydrogen-bond donors (Lipinski definition) is 0. The predicted molar refractivity (Wildman–Crippen MR) is 98.1 cm³/mol. The lowest BCUT2D eigenvalue weighted by Gasteiger charge is -2.25. The summed E-state index contributed by atoms with van der Waals surface area (Å²) >= 11 is 0. The first-order chi connectivity index (χ1) is 11.4. The number of unbranched alkanes of at least 4 members (excludes halogenated alkanes) is 2. The second-order valence-corrected chi connectivity index (χ2v) is 9.64. The molecule has 0 bridgehead atoms. The van der Waals surface area contributed by atoms with Crippen LogP contribution in [0.1, 0.15) is 72.6 Å². The van der Waals surface area contributed by atoms with Crippen molar-refractivity contribution in [3.63, 3.8) is 0 Å². The van der Waals surface area contributed by atoms with Crippen LogP contribution in [0.4, 0.5) is 0 Å². The van der Waals surface area contributed by atoms with E-state index < -0.39 is 24.7 Å². The summed E-state index contributed by atoms with van der Waals surface area (Å²) in [6, 6.07) is 0. The van der Waals surface area contributed by atoms with E-state index in [2.05, 4.69) is 0 Å². The largest absolute Gasteiger partial charge is 0.466 e. The highest BCUT2D eigenvalue weighted by molar-refractivity contribution is 7.65. The molecule has 0 saturated heterocycles. The van der Waals surface area contributed by atoms with Crippen LogP contribution in [0.15, 0.2) is 0 Å². The molecular weight excluding hydrogens is 327 g/mol. The molecule has 0 saturated carbocycles. The molecule has 0 rings (SSSR count). The van der Waals surface area contributed by atoms with Gasteiger partial charge >= 0.3 is 11.9 Å². The molecule has 0 aromatic rings. The van der Waals surface area contributed by atoms with Gasteiger partial charge in [-0.2, -0.15) is 0 Å². The third-order valence-electron chi connectivity index (χ3n) is 3.91. The maximum atomic E-state index is 13.3. The lowest BCUT2D eigenvalue weighted by atomic mass is 10.3. The van der Waals surface area contributed by atoms with Crippen LogP contribution < -0.4 is 0 Å². The smallest absolute Gasteiger partial charge is 0.317 e. The van der Waals surface area contributed by atoms with E-state index >= 15 is 0 Å². The molecule has 0 aromatic carbocycles. The molecule has 0 spiro atoms. The molecule has 0 N–H and O–H groups in total. The molecule has 0 aliphatic heterocycles. The van der Waals surface area contributed by atoms with Gasteiger partial charge in [0.1, 0.15) is 12.8 Å². The van der Waals surface area contributed by atoms with Crippen LogP contribution in [0.5, 0.6) is 0 Å². The minimum atomic E-state index is -2.80. The maximum absolute atomic E-state index is 13.3. The highest BCUT2D eigenvalue weighted by Crippen LogP contribution is 2.53. The van der Waals surface area contributed by atoms with Crippen molar-refractivity contribution < 1.29 is 23.6 Å². The Bertz CT molecular complexity index is 398. The average molecular weight is 362 g/mol. The maximum Gasteiger partial charge on any atom is 0.317 e. The van der Waals surface area contributed by atoms with Gasteiger partial charge < -0.3 is 14.0 Å². The molecule has 0 aliphatic carbocycles. The van der Waals surface area contributed by atoms with Crippen LogP contribution in [0.3, 0.4) is 0 Å². The molecule has 24 heavy (non-hydrogen) atoms. The van der Waals surface area contributed by atoms with E-state index in [-0.39, 0.29) is 6.42 Å². The van der Waals surface area contributed by atoms with E-state index in [1.54, 1.807) is 0 Å². The first-order valence-corrected chi connectivity index (χ1v) is 11.5. The second kappa shape index (κ2) is 13.5. The molecule has 1 atom stereocenters. The van der Waals surface area contributed by atoms with Gasteiger partial charge in [0.2, 0.25) is 0 Å². The number of esters is 2. The standard InChI is InChI=1S/C18H35O5P/c1-5-9-11-22-17(19)15-16(18(20)23-12-10-6-2)24(21,13-7-3)14-8-4/h16H,5-15H2,1-4H3/t16-/m0/s1. The van der Waals surface area contributed by atoms with Crippen LogP contribution in [0, 0.1) is 0 Å². The van der Waals surface area contributed by atoms with Crippen LogP contribution in [-0.2, 0) is 23.6 Å². The van der Waals surface area contributed by atoms with Crippen molar-refractivity contribution in [2.24, 2.45) is 0 Å². The Hall–Kier alpha value is -0.830. The van der Waals surface area contributed by atoms with Crippen molar-refractivity contribution in [3.05, 3.63) is 0 Å². The fourth-order valence-corrected chi connectivity index (χ4v) is 5.88. The van der Waals surface area contributed by atoms with Crippen molar-refractivity contribution in [1.82, 2.24) is 0 Å². The van der Waals surface area contributed by atoms with Gasteiger partial charge in [-0.3, -0.25) is 9.59 Å². The van der Waals surface area contributed by atoms with E-state index in [0.29, 0.717) is 25.5 Å². The Morgan fingerprint density at radius 3 is 1.79 bits per heavy atom. The van der Waals surface area contributed by atoms with Gasteiger partial charge in [-0.25, -0.2) is 0 Å². The summed E-state index contributed by atoms with van der Waals surface area (Å²) in [5.74, 6) is -0.950. The van der Waals surface area contributed by atoms with Gasteiger partial charge in [0.15, 0.2) is 0 Å². The topological polar surface area (TPSA) is 69.7 Å². The van der Waals surface area contributed by atoms with E-state index in [4.69, 9.17) is 9.47 Å². The number of rotatable bonds is 14. The first-order valence-electron chi connectivity index (χ1n) is 9.35. The fourth-order valence-electron chi connectivity index (χ4n) is 2.58. The highest BCUT2D eigenvalue weighted by atomic mass is 31.2. The van der Waals surface area contributed by atoms with Crippen LogP contribution in [-0.4, -0.2) is 43.1 Å². The summed E-state index contributed by atoms with van der Waals surface area (Å²) in [4.78, 5) is 24.5. The Labute approximate surface area is 147 Å². The SMILES string of the molecule is CCCCOC(=O)C[C@@H](C(=O)OCCCC)P(=O)(CCC)CCC. The molecule has 0 unspecified atom stereocenters. The number of hydrogen-bond acceptors (Lipinski definition) is 5. The van der Waals surface area contributed by atoms with Crippen molar-refractivity contribution in [2.45, 2.75) is 78.3 Å². The molecule has 0 fully saturated rings. The average Bonchev–Trinajstić information content (AvgIpc) is 2.53. The summed E-state index contributed by atoms with van der Waals surface area (Å²) in [7, 11) is -2.80. The second-order valence-electron chi connectivity index (χ2n) is 6.21. The minimum Gasteiger partial charge on any atom is -0.466 e. The lowest BCUT2D eigenvalue weighted by molar-refractivity contribution is -0.150. The molecule has 5 nitrogen and oxygen atoms in total. The number of carbonyl (C=O) groups excluding carboxylic acids is 2. The quantitative estimate of drug-likeness (QED) is 0.256. The summed E-state index contributed by atoms with van der Waals surface area (Å²) in [5.41, 5.74) is -0.858. The van der Waals surface area contributed by atoms with Gasteiger partial charge in [0.05, 0.1) is 19.6 Å². The van der Waals surface area contributed by atoms with Gasteiger partial charge in [0, 0.05) is 12.3 Å². The van der Waals surface area contributed by atoms with Gasteiger partial charge in [0.25, 0.3) is 0 Å². The zero-order chi connectivity index (χ0) is 18.4. The summed E-state index contributed by atoms with van der Waals surface area (Å²) < 4.78 is 23.8. The molecule has 0 heterocycles. The van der Waals surface area contributed by atoms with Crippen molar-refractivity contribution in [2.75, 3.05) is 25.5 Å². The third-order valence-corrected chi connectivity index (χ3v) is 7.85. The van der Waals surface area contributed by atoms with Crippen molar-refractivity contribution in [1.29, 1.82) is 0 Å². The van der Waals surface area contributed by atoms with E-state index in [0.717, 1.165) is 38.5 Å². The van der Waals surface area contributed by atoms with Crippen LogP contribution >= 0.6 is 7.14 Å². The van der Waals surface area contributed by atoms with Crippen molar-refractivity contribution in [3.8, 4) is 0 Å². The molecule has 0 aromatic heterocycles. The Morgan fingerprint density at radius 1 is 0.833 bits per heavy atom. The number of carbonyl (C=O) groups is 2. The normalized spacial score (nSPS) is 12.7. The van der Waals surface area contributed by atoms with E-state index in [1.807, 2.05) is 27.7 Å². The molecule has 142 valence electrons. The molecular formula is C18H35O5P. The predicted octanol–water partition coefficient (Wildman–Crippen LogP) is 4.61. The summed E-state index contributed by atoms with van der Waals surface area (Å²) in [5, 5.41) is 0. The van der Waals surface area contributed by atoms with Crippen LogP contribution in [0.25, 0.3) is 0 Å². The zero-order valence-electron chi connectivity index (χ0n) is 15.8. The van der Waals surface area contributed by atoms with Gasteiger partial charge in [-0.05, 0) is 25.7 Å². The molecule has 0 radical (unpaired) electrons. The van der Waals surface area contributed by atoms with Gasteiger partial charge in [-0.15, -0.1) is 0 Å². The lowest BCUT2D eigenvalue weighted by Crippen LogP contribution is -2.30. The molecule has 0 amide bonds. The monoisotopic (exact) mass is 362 g/mol. The van der Waals surface area contributed by atoms with Gasteiger partial charge in [-0.1, -0.05) is 40.5 Å². The first kappa shape index (κ1) is 23.2. The zero-order valence-corrected chi connectivity index (χ0v) is 16.7. The molecule has 0 aliphatic rings. The Kier molecular flexibility index (Phi) is 13.0. The Balaban J connectivity index is 5.07. The third kappa shape index (κ3) is 8.86.